The Morgan fingerprint density at radius 2 is 1.87 bits per heavy atom. The van der Waals surface area contributed by atoms with E-state index in [-0.39, 0.29) is 10.8 Å². The maximum absolute atomic E-state index is 9.37. The minimum atomic E-state index is -0.0828. The molecule has 0 radical (unpaired) electrons. The van der Waals surface area contributed by atoms with E-state index in [1.54, 1.807) is 11.8 Å². The monoisotopic (exact) mass is 284 g/mol. The molecule has 0 amide bonds. The van der Waals surface area contributed by atoms with E-state index in [1.165, 1.54) is 6.07 Å². The molecule has 0 spiro atoms. The first-order valence-corrected chi connectivity index (χ1v) is 6.54. The molecule has 0 aliphatic carbocycles. The lowest BCUT2D eigenvalue weighted by atomic mass is 10.3. The fourth-order valence-electron chi connectivity index (χ4n) is 0.948. The van der Waals surface area contributed by atoms with Gasteiger partial charge in [-0.15, -0.1) is 11.8 Å². The van der Waals surface area contributed by atoms with Crippen molar-refractivity contribution in [3.05, 3.63) is 21.1 Å². The summed E-state index contributed by atoms with van der Waals surface area (Å²) in [5.74, 6) is 1.36. The molecule has 1 rings (SSSR count). The van der Waals surface area contributed by atoms with Crippen molar-refractivity contribution in [2.45, 2.75) is 18.7 Å². The topological polar surface area (TPSA) is 20.2 Å². The second kappa shape index (κ2) is 5.53. The third-order valence-electron chi connectivity index (χ3n) is 1.66. The number of phenols is 1. The van der Waals surface area contributed by atoms with Gasteiger partial charge in [0.2, 0.25) is 0 Å². The van der Waals surface area contributed by atoms with Gasteiger partial charge in [0.15, 0.2) is 0 Å². The molecule has 0 saturated carbocycles. The number of rotatable bonds is 3. The van der Waals surface area contributed by atoms with Crippen LogP contribution in [0.4, 0.5) is 0 Å². The summed E-state index contributed by atoms with van der Waals surface area (Å²) in [4.78, 5) is 0.731. The van der Waals surface area contributed by atoms with Gasteiger partial charge in [-0.2, -0.15) is 0 Å². The summed E-state index contributed by atoms with van der Waals surface area (Å²) >= 11 is 19.3. The summed E-state index contributed by atoms with van der Waals surface area (Å²) in [6.07, 6.45) is 0. The molecule has 0 unspecified atom stereocenters. The summed E-state index contributed by atoms with van der Waals surface area (Å²) in [6.45, 7) is 4.22. The lowest BCUT2D eigenvalue weighted by Gasteiger charge is -2.10. The molecule has 1 aromatic rings. The van der Waals surface area contributed by atoms with E-state index < -0.39 is 0 Å². The summed E-state index contributed by atoms with van der Waals surface area (Å²) in [5, 5.41) is 10.3. The zero-order valence-electron chi connectivity index (χ0n) is 8.35. The molecule has 5 heteroatoms. The predicted molar refractivity (Wildman–Crippen MR) is 68.7 cm³/mol. The van der Waals surface area contributed by atoms with Crippen LogP contribution in [-0.2, 0) is 0 Å². The number of halogens is 3. The molecule has 0 saturated heterocycles. The van der Waals surface area contributed by atoms with Gasteiger partial charge in [-0.1, -0.05) is 48.7 Å². The molecule has 84 valence electrons. The number of aromatic hydroxyl groups is 1. The second-order valence-electron chi connectivity index (χ2n) is 3.54. The summed E-state index contributed by atoms with van der Waals surface area (Å²) in [6, 6.07) is 1.42. The molecule has 0 aliphatic heterocycles. The van der Waals surface area contributed by atoms with Crippen molar-refractivity contribution in [2.75, 3.05) is 5.75 Å². The first-order chi connectivity index (χ1) is 6.93. The smallest absolute Gasteiger partial charge is 0.137 e. The van der Waals surface area contributed by atoms with E-state index in [0.717, 1.165) is 10.6 Å². The lowest BCUT2D eigenvalue weighted by molar-refractivity contribution is 0.475. The summed E-state index contributed by atoms with van der Waals surface area (Å²) in [7, 11) is 0. The number of hydrogen-bond donors (Lipinski definition) is 1. The molecular weight excluding hydrogens is 275 g/mol. The van der Waals surface area contributed by atoms with E-state index in [2.05, 4.69) is 13.8 Å². The molecule has 0 aromatic heterocycles. The van der Waals surface area contributed by atoms with Crippen LogP contribution in [0.25, 0.3) is 0 Å². The highest BCUT2D eigenvalue weighted by Gasteiger charge is 2.14. The molecular formula is C10H11Cl3OS. The van der Waals surface area contributed by atoms with Crippen molar-refractivity contribution >= 4 is 46.6 Å². The zero-order chi connectivity index (χ0) is 11.6. The lowest BCUT2D eigenvalue weighted by Crippen LogP contribution is -1.91. The summed E-state index contributed by atoms with van der Waals surface area (Å²) in [5.41, 5.74) is 0. The van der Waals surface area contributed by atoms with Gasteiger partial charge in [-0.3, -0.25) is 0 Å². The van der Waals surface area contributed by atoms with Crippen molar-refractivity contribution in [1.29, 1.82) is 0 Å². The first-order valence-electron chi connectivity index (χ1n) is 4.42. The van der Waals surface area contributed by atoms with Gasteiger partial charge in [-0.25, -0.2) is 0 Å². The van der Waals surface area contributed by atoms with E-state index in [1.807, 2.05) is 0 Å². The maximum atomic E-state index is 9.37. The Bertz CT molecular complexity index is 366. The van der Waals surface area contributed by atoms with E-state index in [4.69, 9.17) is 34.8 Å². The molecule has 0 aliphatic rings. The predicted octanol–water partition coefficient (Wildman–Crippen LogP) is 5.10. The molecule has 15 heavy (non-hydrogen) atoms. The highest BCUT2D eigenvalue weighted by Crippen LogP contribution is 2.43. The van der Waals surface area contributed by atoms with Crippen molar-refractivity contribution in [2.24, 2.45) is 5.92 Å². The van der Waals surface area contributed by atoms with Crippen LogP contribution in [0.15, 0.2) is 11.0 Å². The average Bonchev–Trinajstić information content (AvgIpc) is 2.14. The Labute approximate surface area is 109 Å². The molecule has 1 nitrogen and oxygen atoms in total. The molecule has 0 heterocycles. The van der Waals surface area contributed by atoms with Gasteiger partial charge in [0.25, 0.3) is 0 Å². The van der Waals surface area contributed by atoms with Crippen LogP contribution in [0, 0.1) is 5.92 Å². The van der Waals surface area contributed by atoms with E-state index in [9.17, 15) is 5.11 Å². The highest BCUT2D eigenvalue weighted by molar-refractivity contribution is 7.99. The van der Waals surface area contributed by atoms with Crippen molar-refractivity contribution in [1.82, 2.24) is 0 Å². The minimum absolute atomic E-state index is 0.0828. The molecule has 0 atom stereocenters. The van der Waals surface area contributed by atoms with Crippen LogP contribution in [-0.4, -0.2) is 10.9 Å². The SMILES string of the molecule is CC(C)CSc1c(Cl)cc(O)c(Cl)c1Cl. The quantitative estimate of drug-likeness (QED) is 0.616. The minimum Gasteiger partial charge on any atom is -0.506 e. The van der Waals surface area contributed by atoms with Crippen LogP contribution >= 0.6 is 46.6 Å². The van der Waals surface area contributed by atoms with Gasteiger partial charge in [0.05, 0.1) is 10.0 Å². The highest BCUT2D eigenvalue weighted by atomic mass is 35.5. The third kappa shape index (κ3) is 3.35. The largest absolute Gasteiger partial charge is 0.506 e. The Balaban J connectivity index is 3.02. The number of benzene rings is 1. The third-order valence-corrected chi connectivity index (χ3v) is 4.58. The van der Waals surface area contributed by atoms with Crippen LogP contribution in [0.3, 0.4) is 0 Å². The average molecular weight is 286 g/mol. The molecule has 1 aromatic carbocycles. The van der Waals surface area contributed by atoms with E-state index >= 15 is 0 Å². The number of hydrogen-bond acceptors (Lipinski definition) is 2. The van der Waals surface area contributed by atoms with Crippen LogP contribution in [0.5, 0.6) is 5.75 Å². The van der Waals surface area contributed by atoms with Crippen molar-refractivity contribution < 1.29 is 5.11 Å². The van der Waals surface area contributed by atoms with Gasteiger partial charge in [0.1, 0.15) is 10.8 Å². The molecule has 1 N–H and O–H groups in total. The zero-order valence-corrected chi connectivity index (χ0v) is 11.4. The van der Waals surface area contributed by atoms with E-state index in [0.29, 0.717) is 16.0 Å². The number of thioether (sulfide) groups is 1. The maximum Gasteiger partial charge on any atom is 0.137 e. The van der Waals surface area contributed by atoms with Crippen LogP contribution in [0.1, 0.15) is 13.8 Å². The Kier molecular flexibility index (Phi) is 4.91. The van der Waals surface area contributed by atoms with Gasteiger partial charge >= 0.3 is 0 Å². The van der Waals surface area contributed by atoms with Gasteiger partial charge < -0.3 is 5.11 Å². The number of phenolic OH excluding ortho intramolecular Hbond substituents is 1. The van der Waals surface area contributed by atoms with Crippen LogP contribution in [0.2, 0.25) is 15.1 Å². The van der Waals surface area contributed by atoms with Gasteiger partial charge in [-0.05, 0) is 5.92 Å². The standard InChI is InChI=1S/C10H11Cl3OS/c1-5(2)4-15-10-6(11)3-7(14)8(12)9(10)13/h3,5,14H,4H2,1-2H3. The Morgan fingerprint density at radius 1 is 1.27 bits per heavy atom. The Hall–Kier alpha value is 0.240. The Morgan fingerprint density at radius 3 is 2.40 bits per heavy atom. The normalized spacial score (nSPS) is 11.1. The fraction of sp³-hybridized carbons (Fsp3) is 0.400. The van der Waals surface area contributed by atoms with Crippen molar-refractivity contribution in [3.63, 3.8) is 0 Å². The van der Waals surface area contributed by atoms with Crippen molar-refractivity contribution in [3.8, 4) is 5.75 Å². The second-order valence-corrected chi connectivity index (χ2v) is 5.73. The van der Waals surface area contributed by atoms with Gasteiger partial charge in [0, 0.05) is 16.7 Å². The molecule has 0 fully saturated rings. The fourth-order valence-corrected chi connectivity index (χ4v) is 2.85. The molecule has 0 bridgehead atoms. The van der Waals surface area contributed by atoms with Crippen LogP contribution < -0.4 is 0 Å². The first kappa shape index (κ1) is 13.3. The summed E-state index contributed by atoms with van der Waals surface area (Å²) < 4.78 is 0.